The van der Waals surface area contributed by atoms with Crippen LogP contribution in [0, 0.1) is 5.92 Å². The quantitative estimate of drug-likeness (QED) is 0.733. The van der Waals surface area contributed by atoms with Gasteiger partial charge < -0.3 is 14.6 Å². The fourth-order valence-electron chi connectivity index (χ4n) is 2.24. The maximum Gasteiger partial charge on any atom is 0.0945 e. The average Bonchev–Trinajstić information content (AvgIpc) is 2.88. The molecule has 1 unspecified atom stereocenters. The van der Waals surface area contributed by atoms with Crippen LogP contribution in [-0.2, 0) is 11.3 Å². The predicted molar refractivity (Wildman–Crippen MR) is 67.9 cm³/mol. The Morgan fingerprint density at radius 1 is 1.41 bits per heavy atom. The molecule has 1 atom stereocenters. The Kier molecular flexibility index (Phi) is 5.52. The molecule has 0 saturated carbocycles. The highest BCUT2D eigenvalue weighted by Gasteiger charge is 2.12. The standard InChI is InChI=1S/C13H23N3O/c1(2-7-16-8-6-15-12-16)5-14-10-13-4-3-9-17-11-13/h6,8,12-14H,1-5,7,9-11H2. The minimum Gasteiger partial charge on any atom is -0.381 e. The molecule has 0 aliphatic carbocycles. The molecule has 0 aromatic carbocycles. The van der Waals surface area contributed by atoms with Crippen molar-refractivity contribution in [3.05, 3.63) is 18.7 Å². The Hall–Kier alpha value is -0.870. The van der Waals surface area contributed by atoms with Gasteiger partial charge in [0.25, 0.3) is 0 Å². The van der Waals surface area contributed by atoms with Crippen molar-refractivity contribution in [1.29, 1.82) is 0 Å². The summed E-state index contributed by atoms with van der Waals surface area (Å²) >= 11 is 0. The number of imidazole rings is 1. The summed E-state index contributed by atoms with van der Waals surface area (Å²) in [7, 11) is 0. The first-order chi connectivity index (χ1) is 8.45. The molecule has 2 heterocycles. The Bertz CT molecular complexity index is 281. The number of nitrogens with zero attached hydrogens (tertiary/aromatic N) is 2. The van der Waals surface area contributed by atoms with Crippen LogP contribution >= 0.6 is 0 Å². The molecule has 0 radical (unpaired) electrons. The number of nitrogens with one attached hydrogen (secondary N) is 1. The van der Waals surface area contributed by atoms with Crippen LogP contribution in [0.5, 0.6) is 0 Å². The molecule has 0 spiro atoms. The van der Waals surface area contributed by atoms with Gasteiger partial charge in [0.1, 0.15) is 0 Å². The SMILES string of the molecule is c1cn(CCCCNCC2CCCOC2)cn1. The largest absolute Gasteiger partial charge is 0.381 e. The fourth-order valence-corrected chi connectivity index (χ4v) is 2.24. The first-order valence-corrected chi connectivity index (χ1v) is 6.69. The van der Waals surface area contributed by atoms with Crippen LogP contribution < -0.4 is 5.32 Å². The van der Waals surface area contributed by atoms with E-state index in [9.17, 15) is 0 Å². The second-order valence-electron chi connectivity index (χ2n) is 4.79. The van der Waals surface area contributed by atoms with Crippen molar-refractivity contribution < 1.29 is 4.74 Å². The van der Waals surface area contributed by atoms with Gasteiger partial charge in [0.2, 0.25) is 0 Å². The molecule has 4 heteroatoms. The van der Waals surface area contributed by atoms with E-state index in [1.165, 1.54) is 25.7 Å². The van der Waals surface area contributed by atoms with Crippen molar-refractivity contribution in [3.8, 4) is 0 Å². The lowest BCUT2D eigenvalue weighted by atomic mass is 10.0. The van der Waals surface area contributed by atoms with E-state index in [-0.39, 0.29) is 0 Å². The molecule has 1 saturated heterocycles. The second kappa shape index (κ2) is 7.45. The number of unbranched alkanes of at least 4 members (excludes halogenated alkanes) is 1. The van der Waals surface area contributed by atoms with Gasteiger partial charge in [-0.2, -0.15) is 0 Å². The number of rotatable bonds is 7. The van der Waals surface area contributed by atoms with Crippen LogP contribution in [0.3, 0.4) is 0 Å². The lowest BCUT2D eigenvalue weighted by molar-refractivity contribution is 0.0549. The van der Waals surface area contributed by atoms with E-state index in [2.05, 4.69) is 14.9 Å². The van der Waals surface area contributed by atoms with Gasteiger partial charge in [-0.3, -0.25) is 0 Å². The second-order valence-corrected chi connectivity index (χ2v) is 4.79. The van der Waals surface area contributed by atoms with Crippen molar-refractivity contribution in [2.45, 2.75) is 32.2 Å². The van der Waals surface area contributed by atoms with E-state index in [0.29, 0.717) is 0 Å². The highest BCUT2D eigenvalue weighted by atomic mass is 16.5. The van der Waals surface area contributed by atoms with E-state index in [0.717, 1.165) is 38.8 Å². The molecular formula is C13H23N3O. The third-order valence-corrected chi connectivity index (χ3v) is 3.27. The van der Waals surface area contributed by atoms with Crippen molar-refractivity contribution in [2.24, 2.45) is 5.92 Å². The van der Waals surface area contributed by atoms with Crippen LogP contribution in [0.1, 0.15) is 25.7 Å². The monoisotopic (exact) mass is 237 g/mol. The van der Waals surface area contributed by atoms with Gasteiger partial charge in [-0.25, -0.2) is 4.98 Å². The minimum absolute atomic E-state index is 0.734. The molecule has 1 aromatic rings. The van der Waals surface area contributed by atoms with Crippen LogP contribution in [0.15, 0.2) is 18.7 Å². The molecule has 17 heavy (non-hydrogen) atoms. The van der Waals surface area contributed by atoms with E-state index in [1.54, 1.807) is 0 Å². The molecule has 1 aromatic heterocycles. The van der Waals surface area contributed by atoms with E-state index >= 15 is 0 Å². The third-order valence-electron chi connectivity index (χ3n) is 3.27. The van der Waals surface area contributed by atoms with Gasteiger partial charge in [-0.15, -0.1) is 0 Å². The molecule has 96 valence electrons. The number of ether oxygens (including phenoxy) is 1. The summed E-state index contributed by atoms with van der Waals surface area (Å²) < 4.78 is 7.59. The molecule has 0 bridgehead atoms. The summed E-state index contributed by atoms with van der Waals surface area (Å²) in [6.45, 7) is 5.22. The van der Waals surface area contributed by atoms with Gasteiger partial charge in [0, 0.05) is 32.1 Å². The normalized spacial score (nSPS) is 20.6. The van der Waals surface area contributed by atoms with Gasteiger partial charge >= 0.3 is 0 Å². The number of aromatic nitrogens is 2. The molecule has 1 aliphatic heterocycles. The number of hydrogen-bond acceptors (Lipinski definition) is 3. The predicted octanol–water partition coefficient (Wildman–Crippen LogP) is 1.68. The Labute approximate surface area is 103 Å². The zero-order chi connectivity index (χ0) is 11.8. The van der Waals surface area contributed by atoms with E-state index in [4.69, 9.17) is 4.74 Å². The van der Waals surface area contributed by atoms with Crippen LogP contribution in [0.2, 0.25) is 0 Å². The summed E-state index contributed by atoms with van der Waals surface area (Å²) in [6.07, 6.45) is 10.7. The van der Waals surface area contributed by atoms with Gasteiger partial charge in [-0.1, -0.05) is 0 Å². The Balaban J connectivity index is 1.43. The maximum atomic E-state index is 5.46. The van der Waals surface area contributed by atoms with Crippen LogP contribution in [0.4, 0.5) is 0 Å². The average molecular weight is 237 g/mol. The van der Waals surface area contributed by atoms with Crippen molar-refractivity contribution in [3.63, 3.8) is 0 Å². The van der Waals surface area contributed by atoms with Gasteiger partial charge in [0.05, 0.1) is 12.9 Å². The first kappa shape index (κ1) is 12.6. The van der Waals surface area contributed by atoms with Gasteiger partial charge in [-0.05, 0) is 38.1 Å². The summed E-state index contributed by atoms with van der Waals surface area (Å²) in [5, 5.41) is 3.53. The van der Waals surface area contributed by atoms with Gasteiger partial charge in [0.15, 0.2) is 0 Å². The molecule has 1 fully saturated rings. The first-order valence-electron chi connectivity index (χ1n) is 6.69. The summed E-state index contributed by atoms with van der Waals surface area (Å²) in [6, 6.07) is 0. The molecule has 4 nitrogen and oxygen atoms in total. The minimum atomic E-state index is 0.734. The highest BCUT2D eigenvalue weighted by Crippen LogP contribution is 2.11. The number of aryl methyl sites for hydroxylation is 1. The molecule has 0 amide bonds. The summed E-state index contributed by atoms with van der Waals surface area (Å²) in [4.78, 5) is 4.03. The van der Waals surface area contributed by atoms with Crippen LogP contribution in [0.25, 0.3) is 0 Å². The molecular weight excluding hydrogens is 214 g/mol. The lowest BCUT2D eigenvalue weighted by Crippen LogP contribution is -2.29. The number of hydrogen-bond donors (Lipinski definition) is 1. The summed E-state index contributed by atoms with van der Waals surface area (Å²) in [5.41, 5.74) is 0. The zero-order valence-corrected chi connectivity index (χ0v) is 10.5. The molecule has 2 rings (SSSR count). The van der Waals surface area contributed by atoms with E-state index < -0.39 is 0 Å². The Morgan fingerprint density at radius 2 is 2.41 bits per heavy atom. The lowest BCUT2D eigenvalue weighted by Gasteiger charge is -2.22. The zero-order valence-electron chi connectivity index (χ0n) is 10.5. The molecule has 1 aliphatic rings. The third kappa shape index (κ3) is 4.88. The smallest absolute Gasteiger partial charge is 0.0945 e. The Morgan fingerprint density at radius 3 is 3.18 bits per heavy atom. The van der Waals surface area contributed by atoms with Crippen LogP contribution in [-0.4, -0.2) is 35.9 Å². The topological polar surface area (TPSA) is 39.1 Å². The highest BCUT2D eigenvalue weighted by molar-refractivity contribution is 4.73. The van der Waals surface area contributed by atoms with E-state index in [1.807, 2.05) is 18.7 Å². The maximum absolute atomic E-state index is 5.46. The molecule has 1 N–H and O–H groups in total. The fraction of sp³-hybridized carbons (Fsp3) is 0.769. The van der Waals surface area contributed by atoms with Crippen molar-refractivity contribution in [1.82, 2.24) is 14.9 Å². The van der Waals surface area contributed by atoms with Crippen molar-refractivity contribution >= 4 is 0 Å². The summed E-state index contributed by atoms with van der Waals surface area (Å²) in [5.74, 6) is 0.734. The van der Waals surface area contributed by atoms with Crippen molar-refractivity contribution in [2.75, 3.05) is 26.3 Å².